The molecule has 1 aromatic carbocycles. The Bertz CT molecular complexity index is 568. The number of nitrogens with one attached hydrogen (secondary N) is 1. The molecule has 0 aliphatic carbocycles. The van der Waals surface area contributed by atoms with Crippen molar-refractivity contribution in [3.8, 4) is 5.69 Å². The summed E-state index contributed by atoms with van der Waals surface area (Å²) in [5.41, 5.74) is 3.70. The van der Waals surface area contributed by atoms with E-state index in [9.17, 15) is 0 Å². The first-order valence-electron chi connectivity index (χ1n) is 5.77. The molecule has 17 heavy (non-hydrogen) atoms. The molecule has 90 valence electrons. The van der Waals surface area contributed by atoms with E-state index in [4.69, 9.17) is 12.2 Å². The van der Waals surface area contributed by atoms with Gasteiger partial charge in [0.15, 0.2) is 4.77 Å². The maximum atomic E-state index is 5.27. The monoisotopic (exact) mass is 246 g/mol. The lowest BCUT2D eigenvalue weighted by Gasteiger charge is -2.19. The topological polar surface area (TPSA) is 20.7 Å². The lowest BCUT2D eigenvalue weighted by Crippen LogP contribution is -2.10. The van der Waals surface area contributed by atoms with Crippen LogP contribution in [0.3, 0.4) is 0 Å². The van der Waals surface area contributed by atoms with Crippen LogP contribution in [0.1, 0.15) is 32.0 Å². The molecule has 2 rings (SSSR count). The van der Waals surface area contributed by atoms with E-state index < -0.39 is 0 Å². The Morgan fingerprint density at radius 2 is 1.71 bits per heavy atom. The molecule has 3 heteroatoms. The highest BCUT2D eigenvalue weighted by Crippen LogP contribution is 2.23. The van der Waals surface area contributed by atoms with Crippen molar-refractivity contribution in [2.24, 2.45) is 0 Å². The van der Waals surface area contributed by atoms with Crippen molar-refractivity contribution in [2.45, 2.75) is 33.1 Å². The summed E-state index contributed by atoms with van der Waals surface area (Å²) in [7, 11) is 0. The van der Waals surface area contributed by atoms with E-state index >= 15 is 0 Å². The molecular weight excluding hydrogens is 228 g/mol. The van der Waals surface area contributed by atoms with Crippen molar-refractivity contribution in [3.05, 3.63) is 46.5 Å². The maximum Gasteiger partial charge on any atom is 0.181 e. The van der Waals surface area contributed by atoms with Crippen molar-refractivity contribution < 1.29 is 0 Å². The van der Waals surface area contributed by atoms with E-state index in [1.165, 1.54) is 5.56 Å². The second-order valence-corrected chi connectivity index (χ2v) is 5.80. The summed E-state index contributed by atoms with van der Waals surface area (Å²) in [4.78, 5) is 3.13. The minimum atomic E-state index is 0.189. The molecule has 0 amide bonds. The first-order valence-corrected chi connectivity index (χ1v) is 6.18. The number of hydrogen-bond donors (Lipinski definition) is 1. The fourth-order valence-corrected chi connectivity index (χ4v) is 2.15. The molecule has 0 saturated carbocycles. The number of imidazole rings is 1. The van der Waals surface area contributed by atoms with Gasteiger partial charge in [-0.3, -0.25) is 4.57 Å². The van der Waals surface area contributed by atoms with E-state index in [0.29, 0.717) is 0 Å². The number of aromatic nitrogens is 2. The SMILES string of the molecule is Cc1cn(-c2ccc(C(C)(C)C)cc2)c(=S)[nH]1. The number of rotatable bonds is 1. The molecular formula is C14H18N2S. The van der Waals surface area contributed by atoms with Crippen LogP contribution in [0.2, 0.25) is 0 Å². The Balaban J connectivity index is 2.43. The molecule has 0 saturated heterocycles. The van der Waals surface area contributed by atoms with E-state index in [1.807, 2.05) is 17.7 Å². The Morgan fingerprint density at radius 1 is 1.12 bits per heavy atom. The van der Waals surface area contributed by atoms with Crippen LogP contribution in [0.15, 0.2) is 30.5 Å². The molecule has 2 aromatic rings. The highest BCUT2D eigenvalue weighted by molar-refractivity contribution is 7.71. The fraction of sp³-hybridized carbons (Fsp3) is 0.357. The lowest BCUT2D eigenvalue weighted by atomic mass is 9.87. The molecule has 0 aliphatic rings. The van der Waals surface area contributed by atoms with Gasteiger partial charge in [-0.05, 0) is 42.3 Å². The Hall–Kier alpha value is -1.35. The van der Waals surface area contributed by atoms with Crippen molar-refractivity contribution in [1.29, 1.82) is 0 Å². The quantitative estimate of drug-likeness (QED) is 0.750. The molecule has 0 atom stereocenters. The number of benzene rings is 1. The average molecular weight is 246 g/mol. The summed E-state index contributed by atoms with van der Waals surface area (Å²) in [5.74, 6) is 0. The molecule has 1 N–H and O–H groups in total. The van der Waals surface area contributed by atoms with Crippen LogP contribution in [-0.4, -0.2) is 9.55 Å². The minimum Gasteiger partial charge on any atom is -0.335 e. The van der Waals surface area contributed by atoms with Crippen LogP contribution in [0, 0.1) is 11.7 Å². The predicted molar refractivity (Wildman–Crippen MR) is 74.4 cm³/mol. The van der Waals surface area contributed by atoms with Crippen LogP contribution in [0.4, 0.5) is 0 Å². The summed E-state index contributed by atoms with van der Waals surface area (Å²) in [5, 5.41) is 0. The summed E-state index contributed by atoms with van der Waals surface area (Å²) in [6, 6.07) is 8.56. The van der Waals surface area contributed by atoms with Crippen molar-refractivity contribution in [3.63, 3.8) is 0 Å². The zero-order chi connectivity index (χ0) is 12.6. The molecule has 0 radical (unpaired) electrons. The fourth-order valence-electron chi connectivity index (χ4n) is 1.83. The molecule has 0 fully saturated rings. The second-order valence-electron chi connectivity index (χ2n) is 5.41. The Labute approximate surface area is 107 Å². The van der Waals surface area contributed by atoms with Crippen LogP contribution in [-0.2, 0) is 5.41 Å². The van der Waals surface area contributed by atoms with E-state index in [0.717, 1.165) is 16.2 Å². The van der Waals surface area contributed by atoms with Crippen molar-refractivity contribution in [2.75, 3.05) is 0 Å². The first-order chi connectivity index (χ1) is 7.88. The second kappa shape index (κ2) is 4.15. The van der Waals surface area contributed by atoms with Gasteiger partial charge in [-0.2, -0.15) is 0 Å². The van der Waals surface area contributed by atoms with E-state index in [-0.39, 0.29) is 5.41 Å². The standard InChI is InChI=1S/C14H18N2S/c1-10-9-16(13(17)15-10)12-7-5-11(6-8-12)14(2,3)4/h5-9H,1-4H3,(H,15,17). The first kappa shape index (κ1) is 12.1. The van der Waals surface area contributed by atoms with Gasteiger partial charge in [-0.25, -0.2) is 0 Å². The molecule has 0 unspecified atom stereocenters. The molecule has 1 heterocycles. The normalized spacial score (nSPS) is 11.8. The van der Waals surface area contributed by atoms with Gasteiger partial charge < -0.3 is 4.98 Å². The van der Waals surface area contributed by atoms with Gasteiger partial charge in [0, 0.05) is 17.6 Å². The van der Waals surface area contributed by atoms with Gasteiger partial charge in [0.25, 0.3) is 0 Å². The Kier molecular flexibility index (Phi) is 2.96. The molecule has 0 spiro atoms. The summed E-state index contributed by atoms with van der Waals surface area (Å²) in [6.45, 7) is 8.66. The highest BCUT2D eigenvalue weighted by Gasteiger charge is 2.13. The van der Waals surface area contributed by atoms with Gasteiger partial charge >= 0.3 is 0 Å². The maximum absolute atomic E-state index is 5.27. The third-order valence-electron chi connectivity index (χ3n) is 2.86. The van der Waals surface area contributed by atoms with Gasteiger partial charge in [0.1, 0.15) is 0 Å². The largest absolute Gasteiger partial charge is 0.335 e. The molecule has 0 bridgehead atoms. The molecule has 1 aromatic heterocycles. The summed E-state index contributed by atoms with van der Waals surface area (Å²) >= 11 is 5.27. The van der Waals surface area contributed by atoms with Crippen molar-refractivity contribution >= 4 is 12.2 Å². The van der Waals surface area contributed by atoms with Gasteiger partial charge in [-0.1, -0.05) is 32.9 Å². The zero-order valence-corrected chi connectivity index (χ0v) is 11.6. The average Bonchev–Trinajstić information content (AvgIpc) is 2.57. The van der Waals surface area contributed by atoms with Crippen LogP contribution >= 0.6 is 12.2 Å². The molecule has 0 aliphatic heterocycles. The van der Waals surface area contributed by atoms with Crippen LogP contribution in [0.25, 0.3) is 5.69 Å². The van der Waals surface area contributed by atoms with Crippen LogP contribution in [0.5, 0.6) is 0 Å². The van der Waals surface area contributed by atoms with Crippen molar-refractivity contribution in [1.82, 2.24) is 9.55 Å². The van der Waals surface area contributed by atoms with Crippen LogP contribution < -0.4 is 0 Å². The number of H-pyrrole nitrogens is 1. The third-order valence-corrected chi connectivity index (χ3v) is 3.16. The number of aryl methyl sites for hydroxylation is 1. The summed E-state index contributed by atoms with van der Waals surface area (Å²) in [6.07, 6.45) is 2.02. The number of nitrogens with zero attached hydrogens (tertiary/aromatic N) is 1. The van der Waals surface area contributed by atoms with Gasteiger partial charge in [0.05, 0.1) is 0 Å². The number of hydrogen-bond acceptors (Lipinski definition) is 1. The van der Waals surface area contributed by atoms with E-state index in [2.05, 4.69) is 50.0 Å². The minimum absolute atomic E-state index is 0.189. The number of aromatic amines is 1. The lowest BCUT2D eigenvalue weighted by molar-refractivity contribution is 0.590. The van der Waals surface area contributed by atoms with Gasteiger partial charge in [0.2, 0.25) is 0 Å². The zero-order valence-electron chi connectivity index (χ0n) is 10.7. The van der Waals surface area contributed by atoms with Gasteiger partial charge in [-0.15, -0.1) is 0 Å². The summed E-state index contributed by atoms with van der Waals surface area (Å²) < 4.78 is 2.74. The third kappa shape index (κ3) is 2.50. The molecule has 2 nitrogen and oxygen atoms in total. The highest BCUT2D eigenvalue weighted by atomic mass is 32.1. The Morgan fingerprint density at radius 3 is 2.12 bits per heavy atom. The smallest absolute Gasteiger partial charge is 0.181 e. The van der Waals surface area contributed by atoms with E-state index in [1.54, 1.807) is 0 Å². The predicted octanol–water partition coefficient (Wildman–Crippen LogP) is 4.14.